The fraction of sp³-hybridized carbons (Fsp3) is 0.636. The zero-order chi connectivity index (χ0) is 22.6. The third-order valence-corrected chi connectivity index (χ3v) is 5.22. The SMILES string of the molecule is COc1ccc(C(=O)NCC2CCN(C(=O)OC(C)(C)C)CC2O)c2c1OCCCO2. The molecule has 2 unspecified atom stereocenters. The monoisotopic (exact) mass is 436 g/mol. The van der Waals surface area contributed by atoms with E-state index >= 15 is 0 Å². The van der Waals surface area contributed by atoms with Crippen molar-refractivity contribution >= 4 is 12.0 Å². The number of methoxy groups -OCH3 is 1. The van der Waals surface area contributed by atoms with Gasteiger partial charge in [0.25, 0.3) is 5.91 Å². The summed E-state index contributed by atoms with van der Waals surface area (Å²) in [6, 6.07) is 3.32. The van der Waals surface area contributed by atoms with E-state index in [4.69, 9.17) is 18.9 Å². The van der Waals surface area contributed by atoms with Crippen LogP contribution < -0.4 is 19.5 Å². The van der Waals surface area contributed by atoms with Crippen molar-refractivity contribution in [1.29, 1.82) is 0 Å². The molecule has 3 rings (SSSR count). The van der Waals surface area contributed by atoms with Gasteiger partial charge in [0.1, 0.15) is 5.60 Å². The number of nitrogens with zero attached hydrogens (tertiary/aromatic N) is 1. The Morgan fingerprint density at radius 3 is 2.58 bits per heavy atom. The number of aliphatic hydroxyl groups excluding tert-OH is 1. The first-order chi connectivity index (χ1) is 14.7. The van der Waals surface area contributed by atoms with Gasteiger partial charge < -0.3 is 34.3 Å². The van der Waals surface area contributed by atoms with Crippen molar-refractivity contribution in [3.8, 4) is 17.2 Å². The van der Waals surface area contributed by atoms with Gasteiger partial charge in [-0.05, 0) is 39.3 Å². The van der Waals surface area contributed by atoms with Crippen molar-refractivity contribution in [2.45, 2.75) is 45.3 Å². The van der Waals surface area contributed by atoms with E-state index in [0.29, 0.717) is 55.4 Å². The molecule has 0 aliphatic carbocycles. The predicted octanol–water partition coefficient (Wildman–Crippen LogP) is 2.20. The molecule has 9 heteroatoms. The second-order valence-electron chi connectivity index (χ2n) is 8.78. The number of likely N-dealkylation sites (tertiary alicyclic amines) is 1. The summed E-state index contributed by atoms with van der Waals surface area (Å²) in [5.74, 6) is 0.828. The Morgan fingerprint density at radius 2 is 1.94 bits per heavy atom. The summed E-state index contributed by atoms with van der Waals surface area (Å²) in [6.07, 6.45) is 0.0729. The van der Waals surface area contributed by atoms with Crippen molar-refractivity contribution in [2.24, 2.45) is 5.92 Å². The van der Waals surface area contributed by atoms with Crippen molar-refractivity contribution < 1.29 is 33.6 Å². The fourth-order valence-electron chi connectivity index (χ4n) is 3.60. The molecule has 0 saturated carbocycles. The molecule has 1 aromatic carbocycles. The van der Waals surface area contributed by atoms with E-state index in [2.05, 4.69) is 5.32 Å². The second-order valence-corrected chi connectivity index (χ2v) is 8.78. The highest BCUT2D eigenvalue weighted by atomic mass is 16.6. The van der Waals surface area contributed by atoms with E-state index in [1.165, 1.54) is 12.0 Å². The number of carbonyl (C=O) groups excluding carboxylic acids is 2. The Balaban J connectivity index is 1.60. The topological polar surface area (TPSA) is 107 Å². The molecule has 2 atom stereocenters. The Kier molecular flexibility index (Phi) is 7.15. The smallest absolute Gasteiger partial charge is 0.410 e. The molecule has 0 aromatic heterocycles. The number of rotatable bonds is 4. The summed E-state index contributed by atoms with van der Waals surface area (Å²) in [4.78, 5) is 26.6. The standard InChI is InChI=1S/C22H32N2O7/c1-22(2,3)31-21(27)24-9-8-14(16(25)13-24)12-23-20(26)15-6-7-17(28-4)19-18(15)29-10-5-11-30-19/h6-7,14,16,25H,5,8-13H2,1-4H3,(H,23,26). The minimum Gasteiger partial charge on any atom is -0.493 e. The van der Waals surface area contributed by atoms with E-state index in [9.17, 15) is 14.7 Å². The molecular weight excluding hydrogens is 404 g/mol. The normalized spacial score (nSPS) is 21.1. The summed E-state index contributed by atoms with van der Waals surface area (Å²) in [7, 11) is 1.54. The molecule has 2 N–H and O–H groups in total. The number of carbonyl (C=O) groups is 2. The van der Waals surface area contributed by atoms with Gasteiger partial charge in [0, 0.05) is 25.4 Å². The highest BCUT2D eigenvalue weighted by Crippen LogP contribution is 2.41. The lowest BCUT2D eigenvalue weighted by Crippen LogP contribution is -2.50. The summed E-state index contributed by atoms with van der Waals surface area (Å²) >= 11 is 0. The third-order valence-electron chi connectivity index (χ3n) is 5.22. The molecule has 2 heterocycles. The van der Waals surface area contributed by atoms with Gasteiger partial charge in [-0.1, -0.05) is 0 Å². The van der Waals surface area contributed by atoms with Gasteiger partial charge in [-0.25, -0.2) is 4.79 Å². The summed E-state index contributed by atoms with van der Waals surface area (Å²) in [5.41, 5.74) is -0.229. The molecule has 2 amide bonds. The number of β-amino-alcohol motifs (C(OH)–C–C–N with tert-alkyl or cyclic N) is 1. The van der Waals surface area contributed by atoms with Crippen LogP contribution in [0.4, 0.5) is 4.79 Å². The molecule has 31 heavy (non-hydrogen) atoms. The Morgan fingerprint density at radius 1 is 1.23 bits per heavy atom. The molecule has 2 aliphatic rings. The van der Waals surface area contributed by atoms with Gasteiger partial charge in [0.05, 0.1) is 38.5 Å². The van der Waals surface area contributed by atoms with Gasteiger partial charge in [0.15, 0.2) is 11.5 Å². The number of benzene rings is 1. The van der Waals surface area contributed by atoms with Crippen LogP contribution >= 0.6 is 0 Å². The lowest BCUT2D eigenvalue weighted by molar-refractivity contribution is -0.0122. The predicted molar refractivity (Wildman–Crippen MR) is 113 cm³/mol. The van der Waals surface area contributed by atoms with Gasteiger partial charge >= 0.3 is 6.09 Å². The maximum Gasteiger partial charge on any atom is 0.410 e. The van der Waals surface area contributed by atoms with Gasteiger partial charge in [0.2, 0.25) is 5.75 Å². The lowest BCUT2D eigenvalue weighted by Gasteiger charge is -2.36. The van der Waals surface area contributed by atoms with E-state index in [1.807, 2.05) is 0 Å². The van der Waals surface area contributed by atoms with Gasteiger partial charge in [-0.3, -0.25) is 4.79 Å². The largest absolute Gasteiger partial charge is 0.493 e. The third kappa shape index (κ3) is 5.72. The number of aliphatic hydroxyl groups is 1. The minimum absolute atomic E-state index is 0.170. The molecule has 0 radical (unpaired) electrons. The minimum atomic E-state index is -0.755. The lowest BCUT2D eigenvalue weighted by atomic mass is 9.94. The van der Waals surface area contributed by atoms with Crippen molar-refractivity contribution in [1.82, 2.24) is 10.2 Å². The summed E-state index contributed by atoms with van der Waals surface area (Å²) in [6.45, 7) is 7.25. The second kappa shape index (κ2) is 9.64. The Labute approximate surface area is 182 Å². The van der Waals surface area contributed by atoms with Crippen LogP contribution in [-0.2, 0) is 4.74 Å². The first-order valence-corrected chi connectivity index (χ1v) is 10.6. The maximum atomic E-state index is 12.9. The summed E-state index contributed by atoms with van der Waals surface area (Å²) < 4.78 is 22.2. The summed E-state index contributed by atoms with van der Waals surface area (Å²) in [5, 5.41) is 13.4. The number of nitrogens with one attached hydrogen (secondary N) is 1. The van der Waals surface area contributed by atoms with E-state index < -0.39 is 17.8 Å². The maximum absolute atomic E-state index is 12.9. The quantitative estimate of drug-likeness (QED) is 0.745. The molecule has 9 nitrogen and oxygen atoms in total. The zero-order valence-corrected chi connectivity index (χ0v) is 18.6. The molecule has 1 aromatic rings. The fourth-order valence-corrected chi connectivity index (χ4v) is 3.60. The number of fused-ring (bicyclic) bond motifs is 1. The Bertz CT molecular complexity index is 806. The van der Waals surface area contributed by atoms with Crippen molar-refractivity contribution in [3.63, 3.8) is 0 Å². The number of piperidine rings is 1. The number of amides is 2. The first-order valence-electron chi connectivity index (χ1n) is 10.6. The van der Waals surface area contributed by atoms with Gasteiger partial charge in [-0.2, -0.15) is 0 Å². The van der Waals surface area contributed by atoms with Crippen LogP contribution in [-0.4, -0.2) is 73.7 Å². The van der Waals surface area contributed by atoms with Crippen molar-refractivity contribution in [3.05, 3.63) is 17.7 Å². The molecule has 1 fully saturated rings. The number of hydrogen-bond acceptors (Lipinski definition) is 7. The van der Waals surface area contributed by atoms with E-state index in [-0.39, 0.29) is 24.9 Å². The molecule has 0 spiro atoms. The highest BCUT2D eigenvalue weighted by molar-refractivity contribution is 5.98. The van der Waals surface area contributed by atoms with Crippen LogP contribution in [0.25, 0.3) is 0 Å². The van der Waals surface area contributed by atoms with Crippen LogP contribution in [0.15, 0.2) is 12.1 Å². The average Bonchev–Trinajstić information content (AvgIpc) is 2.96. The highest BCUT2D eigenvalue weighted by Gasteiger charge is 2.33. The molecular formula is C22H32N2O7. The van der Waals surface area contributed by atoms with E-state index in [0.717, 1.165) is 0 Å². The van der Waals surface area contributed by atoms with Crippen LogP contribution in [0, 0.1) is 5.92 Å². The number of ether oxygens (including phenoxy) is 4. The van der Waals surface area contributed by atoms with Crippen LogP contribution in [0.1, 0.15) is 44.0 Å². The number of hydrogen-bond donors (Lipinski definition) is 2. The molecule has 0 bridgehead atoms. The molecule has 2 aliphatic heterocycles. The van der Waals surface area contributed by atoms with E-state index in [1.54, 1.807) is 32.9 Å². The van der Waals surface area contributed by atoms with Gasteiger partial charge in [-0.15, -0.1) is 0 Å². The molecule has 172 valence electrons. The Hall–Kier alpha value is -2.68. The molecule has 1 saturated heterocycles. The van der Waals surface area contributed by atoms with Crippen LogP contribution in [0.2, 0.25) is 0 Å². The average molecular weight is 437 g/mol. The first kappa shape index (κ1) is 23.0. The van der Waals surface area contributed by atoms with Crippen LogP contribution in [0.3, 0.4) is 0 Å². The van der Waals surface area contributed by atoms with Crippen molar-refractivity contribution in [2.75, 3.05) is 40.0 Å². The zero-order valence-electron chi connectivity index (χ0n) is 18.6. The van der Waals surface area contributed by atoms with Crippen LogP contribution in [0.5, 0.6) is 17.2 Å².